The fraction of sp³-hybridized carbons (Fsp3) is 0.381. The summed E-state index contributed by atoms with van der Waals surface area (Å²) in [4.78, 5) is 14.7. The number of anilines is 1. The molecule has 1 amide bonds. The molecule has 0 atom stereocenters. The van der Waals surface area contributed by atoms with E-state index in [0.717, 1.165) is 49.9 Å². The molecule has 1 aliphatic rings. The van der Waals surface area contributed by atoms with Crippen molar-refractivity contribution in [1.29, 1.82) is 0 Å². The maximum Gasteiger partial charge on any atom is 0.251 e. The lowest BCUT2D eigenvalue weighted by Gasteiger charge is -2.26. The van der Waals surface area contributed by atoms with E-state index in [-0.39, 0.29) is 12.3 Å². The minimum absolute atomic E-state index is 0.0900. The minimum atomic E-state index is -0.0900. The van der Waals surface area contributed by atoms with Gasteiger partial charge in [0, 0.05) is 38.2 Å². The van der Waals surface area contributed by atoms with Crippen LogP contribution in [-0.2, 0) is 22.5 Å². The number of aromatic nitrogens is 2. The van der Waals surface area contributed by atoms with Crippen molar-refractivity contribution in [3.8, 4) is 11.5 Å². The van der Waals surface area contributed by atoms with E-state index in [1.807, 2.05) is 25.1 Å². The molecule has 0 spiro atoms. The van der Waals surface area contributed by atoms with Gasteiger partial charge in [-0.25, -0.2) is 0 Å². The zero-order valence-corrected chi connectivity index (χ0v) is 16.4. The first-order valence-corrected chi connectivity index (χ1v) is 9.73. The summed E-state index contributed by atoms with van der Waals surface area (Å²) in [5.74, 6) is 1.46. The highest BCUT2D eigenvalue weighted by atomic mass is 16.5. The summed E-state index contributed by atoms with van der Waals surface area (Å²) in [6.45, 7) is 6.09. The molecular formula is C21H24N4O4. The lowest BCUT2D eigenvalue weighted by Crippen LogP contribution is -2.35. The summed E-state index contributed by atoms with van der Waals surface area (Å²) in [6.07, 6.45) is 2.22. The number of carbonyl (C=O) groups excluding carboxylic acids is 1. The van der Waals surface area contributed by atoms with Crippen molar-refractivity contribution in [2.75, 3.05) is 31.6 Å². The first-order valence-electron chi connectivity index (χ1n) is 9.73. The number of ether oxygens (including phenoxy) is 1. The summed E-state index contributed by atoms with van der Waals surface area (Å²) in [7, 11) is 0. The van der Waals surface area contributed by atoms with Crippen LogP contribution in [0.25, 0.3) is 11.5 Å². The highest BCUT2D eigenvalue weighted by molar-refractivity contribution is 5.90. The molecule has 1 aliphatic heterocycles. The number of furan rings is 1. The van der Waals surface area contributed by atoms with E-state index in [9.17, 15) is 4.79 Å². The molecule has 0 aliphatic carbocycles. The molecule has 1 N–H and O–H groups in total. The molecule has 4 rings (SSSR count). The highest BCUT2D eigenvalue weighted by Gasteiger charge is 2.14. The quantitative estimate of drug-likeness (QED) is 0.656. The first-order chi connectivity index (χ1) is 14.2. The Balaban J connectivity index is 1.29. The summed E-state index contributed by atoms with van der Waals surface area (Å²) >= 11 is 0. The van der Waals surface area contributed by atoms with Crippen molar-refractivity contribution >= 4 is 11.6 Å². The van der Waals surface area contributed by atoms with Crippen LogP contribution in [0.2, 0.25) is 0 Å². The van der Waals surface area contributed by atoms with Gasteiger partial charge in [0.1, 0.15) is 5.76 Å². The van der Waals surface area contributed by atoms with E-state index in [2.05, 4.69) is 26.5 Å². The Bertz CT molecular complexity index is 959. The van der Waals surface area contributed by atoms with Gasteiger partial charge in [0.15, 0.2) is 0 Å². The Morgan fingerprint density at radius 3 is 2.86 bits per heavy atom. The van der Waals surface area contributed by atoms with E-state index < -0.39 is 0 Å². The summed E-state index contributed by atoms with van der Waals surface area (Å²) < 4.78 is 16.3. The van der Waals surface area contributed by atoms with Gasteiger partial charge in [-0.15, -0.1) is 10.2 Å². The number of morpholine rings is 1. The number of hydrogen-bond donors (Lipinski definition) is 1. The summed E-state index contributed by atoms with van der Waals surface area (Å²) in [5.41, 5.74) is 2.73. The van der Waals surface area contributed by atoms with Gasteiger partial charge in [0.2, 0.25) is 11.8 Å². The third-order valence-electron chi connectivity index (χ3n) is 4.84. The molecule has 0 saturated carbocycles. The zero-order chi connectivity index (χ0) is 20.1. The number of carbonyl (C=O) groups is 1. The Hall–Kier alpha value is -2.97. The number of nitrogens with zero attached hydrogens (tertiary/aromatic N) is 3. The number of rotatable bonds is 7. The normalized spacial score (nSPS) is 14.8. The van der Waals surface area contributed by atoms with Crippen molar-refractivity contribution in [3.05, 3.63) is 53.8 Å². The average molecular weight is 396 g/mol. The number of aryl methyl sites for hydroxylation is 2. The van der Waals surface area contributed by atoms with Gasteiger partial charge in [-0.1, -0.05) is 12.1 Å². The first kappa shape index (κ1) is 19.4. The van der Waals surface area contributed by atoms with Crippen molar-refractivity contribution in [1.82, 2.24) is 15.1 Å². The van der Waals surface area contributed by atoms with Crippen LogP contribution in [0.15, 0.2) is 45.4 Å². The van der Waals surface area contributed by atoms with Crippen LogP contribution in [0.4, 0.5) is 5.69 Å². The Kier molecular flexibility index (Phi) is 6.02. The third-order valence-corrected chi connectivity index (χ3v) is 4.84. The maximum absolute atomic E-state index is 12.3. The maximum atomic E-state index is 12.3. The standard InChI is InChI=1S/C21H24N4O4/c1-15-18(7-10-28-15)21-24-23-20(29-21)6-5-19(26)22-17-4-2-3-16(13-17)14-25-8-11-27-12-9-25/h2-4,7,10,13H,5-6,8-9,11-12,14H2,1H3,(H,22,26). The van der Waals surface area contributed by atoms with Gasteiger partial charge in [-0.05, 0) is 30.7 Å². The van der Waals surface area contributed by atoms with Crippen molar-refractivity contribution in [3.63, 3.8) is 0 Å². The summed E-state index contributed by atoms with van der Waals surface area (Å²) in [5, 5.41) is 11.0. The van der Waals surface area contributed by atoms with Gasteiger partial charge >= 0.3 is 0 Å². The molecule has 1 fully saturated rings. The molecule has 0 bridgehead atoms. The van der Waals surface area contributed by atoms with Gasteiger partial charge in [0.05, 0.1) is 25.0 Å². The van der Waals surface area contributed by atoms with E-state index in [1.165, 1.54) is 5.56 Å². The largest absolute Gasteiger partial charge is 0.469 e. The molecule has 1 aromatic carbocycles. The molecule has 1 saturated heterocycles. The molecule has 29 heavy (non-hydrogen) atoms. The van der Waals surface area contributed by atoms with Gasteiger partial charge in [0.25, 0.3) is 5.89 Å². The lowest BCUT2D eigenvalue weighted by molar-refractivity contribution is -0.116. The molecular weight excluding hydrogens is 372 g/mol. The molecule has 8 nitrogen and oxygen atoms in total. The second kappa shape index (κ2) is 9.02. The number of nitrogens with one attached hydrogen (secondary N) is 1. The predicted octanol–water partition coefficient (Wildman–Crippen LogP) is 3.04. The van der Waals surface area contributed by atoms with E-state index in [1.54, 1.807) is 12.3 Å². The molecule has 2 aromatic heterocycles. The van der Waals surface area contributed by atoms with Crippen LogP contribution in [0, 0.1) is 6.92 Å². The molecule has 3 heterocycles. The van der Waals surface area contributed by atoms with Gasteiger partial charge in [-0.3, -0.25) is 9.69 Å². The monoisotopic (exact) mass is 396 g/mol. The number of amides is 1. The second-order valence-electron chi connectivity index (χ2n) is 7.03. The van der Waals surface area contributed by atoms with E-state index in [0.29, 0.717) is 18.2 Å². The predicted molar refractivity (Wildman–Crippen MR) is 106 cm³/mol. The molecule has 3 aromatic rings. The van der Waals surface area contributed by atoms with Crippen LogP contribution in [0.5, 0.6) is 0 Å². The van der Waals surface area contributed by atoms with Crippen LogP contribution in [0.1, 0.15) is 23.6 Å². The molecule has 0 unspecified atom stereocenters. The Labute approximate surface area is 168 Å². The topological polar surface area (TPSA) is 93.6 Å². The Morgan fingerprint density at radius 2 is 2.07 bits per heavy atom. The van der Waals surface area contributed by atoms with Crippen LogP contribution in [-0.4, -0.2) is 47.3 Å². The minimum Gasteiger partial charge on any atom is -0.469 e. The van der Waals surface area contributed by atoms with E-state index in [4.69, 9.17) is 13.6 Å². The van der Waals surface area contributed by atoms with E-state index >= 15 is 0 Å². The smallest absolute Gasteiger partial charge is 0.251 e. The Morgan fingerprint density at radius 1 is 1.21 bits per heavy atom. The molecule has 152 valence electrons. The number of benzene rings is 1. The van der Waals surface area contributed by atoms with Gasteiger partial charge < -0.3 is 18.9 Å². The average Bonchev–Trinajstić information content (AvgIpc) is 3.36. The summed E-state index contributed by atoms with van der Waals surface area (Å²) in [6, 6.07) is 9.72. The second-order valence-corrected chi connectivity index (χ2v) is 7.03. The molecule has 0 radical (unpaired) electrons. The highest BCUT2D eigenvalue weighted by Crippen LogP contribution is 2.23. The molecule has 8 heteroatoms. The third kappa shape index (κ3) is 5.10. The lowest BCUT2D eigenvalue weighted by atomic mass is 10.1. The van der Waals surface area contributed by atoms with Crippen molar-refractivity contribution in [2.24, 2.45) is 0 Å². The fourth-order valence-corrected chi connectivity index (χ4v) is 3.28. The van der Waals surface area contributed by atoms with Crippen molar-refractivity contribution in [2.45, 2.75) is 26.3 Å². The van der Waals surface area contributed by atoms with Crippen LogP contribution in [0.3, 0.4) is 0 Å². The van der Waals surface area contributed by atoms with Crippen molar-refractivity contribution < 1.29 is 18.4 Å². The van der Waals surface area contributed by atoms with Crippen LogP contribution >= 0.6 is 0 Å². The fourth-order valence-electron chi connectivity index (χ4n) is 3.28. The zero-order valence-electron chi connectivity index (χ0n) is 16.4. The van der Waals surface area contributed by atoms with Crippen LogP contribution < -0.4 is 5.32 Å². The van der Waals surface area contributed by atoms with Gasteiger partial charge in [-0.2, -0.15) is 0 Å². The SMILES string of the molecule is Cc1occc1-c1nnc(CCC(=O)Nc2cccc(CN3CCOCC3)c2)o1. The number of hydrogen-bond acceptors (Lipinski definition) is 7.